The van der Waals surface area contributed by atoms with E-state index in [4.69, 9.17) is 0 Å². The Hall–Kier alpha value is 0.326. The molecule has 54 valence electrons. The monoisotopic (exact) mass is 220 g/mol. The molecule has 0 unspecified atom stereocenters. The van der Waals surface area contributed by atoms with Crippen LogP contribution in [0, 0.1) is 11.6 Å². The van der Waals surface area contributed by atoms with Crippen LogP contribution >= 0.6 is 17.0 Å². The summed E-state index contributed by atoms with van der Waals surface area (Å²) in [5.74, 6) is -1.07. The van der Waals surface area contributed by atoms with Crippen LogP contribution in [0.3, 0.4) is 0 Å². The first kappa shape index (κ1) is 13.0. The predicted octanol–water partition coefficient (Wildman–Crippen LogP) is 2.39. The molecule has 0 saturated carbocycles. The number of hydrogen-bond acceptors (Lipinski definition) is 0. The van der Waals surface area contributed by atoms with Crippen LogP contribution in [-0.4, -0.2) is 23.1 Å². The van der Waals surface area contributed by atoms with Crippen molar-refractivity contribution >= 4 is 40.0 Å². The summed E-state index contributed by atoms with van der Waals surface area (Å²) in [7, 11) is 0. The van der Waals surface area contributed by atoms with Crippen molar-refractivity contribution in [3.8, 4) is 0 Å². The maximum absolute atomic E-state index is 11.9. The van der Waals surface area contributed by atoms with E-state index in [0.29, 0.717) is 0 Å². The molecular formula is C6H7BrF2Mg. The van der Waals surface area contributed by atoms with Crippen molar-refractivity contribution in [3.63, 3.8) is 0 Å². The van der Waals surface area contributed by atoms with E-state index in [2.05, 4.69) is 0 Å². The third-order valence-corrected chi connectivity index (χ3v) is 0.787. The number of benzene rings is 1. The topological polar surface area (TPSA) is 0 Å². The first-order valence-electron chi connectivity index (χ1n) is 2.20. The molecule has 0 saturated heterocycles. The van der Waals surface area contributed by atoms with E-state index < -0.39 is 11.6 Å². The minimum atomic E-state index is -0.537. The van der Waals surface area contributed by atoms with Crippen molar-refractivity contribution < 1.29 is 11.6 Å². The summed E-state index contributed by atoms with van der Waals surface area (Å²) >= 11 is 0. The number of halogens is 3. The first-order valence-corrected chi connectivity index (χ1v) is 2.20. The normalized spacial score (nSPS) is 7.40. The molecule has 0 spiro atoms. The molecule has 0 heterocycles. The van der Waals surface area contributed by atoms with Crippen molar-refractivity contribution in [1.82, 2.24) is 0 Å². The van der Waals surface area contributed by atoms with Gasteiger partial charge in [-0.15, -0.1) is 17.0 Å². The van der Waals surface area contributed by atoms with Gasteiger partial charge in [0.05, 0.1) is 0 Å². The van der Waals surface area contributed by atoms with Crippen molar-refractivity contribution in [2.75, 3.05) is 0 Å². The summed E-state index contributed by atoms with van der Waals surface area (Å²) in [6.45, 7) is 0. The van der Waals surface area contributed by atoms with Gasteiger partial charge in [0.1, 0.15) is 11.6 Å². The van der Waals surface area contributed by atoms with E-state index in [1.54, 1.807) is 0 Å². The Morgan fingerprint density at radius 2 is 1.50 bits per heavy atom. The van der Waals surface area contributed by atoms with E-state index >= 15 is 0 Å². The summed E-state index contributed by atoms with van der Waals surface area (Å²) in [5, 5.41) is 0. The Kier molecular flexibility index (Phi) is 7.86. The summed E-state index contributed by atoms with van der Waals surface area (Å²) < 4.78 is 23.9. The van der Waals surface area contributed by atoms with Crippen LogP contribution in [0.5, 0.6) is 0 Å². The summed E-state index contributed by atoms with van der Waals surface area (Å²) in [6, 6.07) is 4.55. The Morgan fingerprint density at radius 1 is 1.10 bits per heavy atom. The zero-order valence-electron chi connectivity index (χ0n) is 7.18. The minimum Gasteiger partial charge on any atom is -1.00 e. The van der Waals surface area contributed by atoms with Gasteiger partial charge in [-0.1, -0.05) is 6.07 Å². The molecule has 0 bridgehead atoms. The van der Waals surface area contributed by atoms with Crippen LogP contribution in [0.4, 0.5) is 8.78 Å². The standard InChI is InChI=1S/C6H4F2.BrH.Mg.2H/c7-5-2-1-3-6(8)4-5;;;;/h1-4H;1H;;;/q;;+2;2*-1. The molecule has 0 aliphatic heterocycles. The largest absolute Gasteiger partial charge is 2.00 e. The van der Waals surface area contributed by atoms with Gasteiger partial charge in [0, 0.05) is 6.07 Å². The van der Waals surface area contributed by atoms with Gasteiger partial charge in [0.2, 0.25) is 0 Å². The van der Waals surface area contributed by atoms with Crippen molar-refractivity contribution in [2.24, 2.45) is 0 Å². The van der Waals surface area contributed by atoms with Gasteiger partial charge in [-0.2, -0.15) is 0 Å². The Bertz CT molecular complexity index is 183. The molecule has 1 aromatic carbocycles. The van der Waals surface area contributed by atoms with Crippen molar-refractivity contribution in [1.29, 1.82) is 0 Å². The molecule has 0 N–H and O–H groups in total. The average molecular weight is 221 g/mol. The van der Waals surface area contributed by atoms with E-state index in [0.717, 1.165) is 6.07 Å². The molecule has 0 nitrogen and oxygen atoms in total. The smallest absolute Gasteiger partial charge is 1.00 e. The van der Waals surface area contributed by atoms with Crippen LogP contribution in [-0.2, 0) is 0 Å². The van der Waals surface area contributed by atoms with Crippen molar-refractivity contribution in [3.05, 3.63) is 35.9 Å². The second kappa shape index (κ2) is 6.06. The summed E-state index contributed by atoms with van der Waals surface area (Å²) in [5.41, 5.74) is 0. The molecule has 0 atom stereocenters. The van der Waals surface area contributed by atoms with E-state index in [1.165, 1.54) is 18.2 Å². The fourth-order valence-corrected chi connectivity index (χ4v) is 0.460. The minimum absolute atomic E-state index is 0. The summed E-state index contributed by atoms with van der Waals surface area (Å²) in [6.07, 6.45) is 0. The zero-order valence-corrected chi connectivity index (χ0v) is 8.31. The number of hydrogen-bond donors (Lipinski definition) is 0. The fourth-order valence-electron chi connectivity index (χ4n) is 0.460. The van der Waals surface area contributed by atoms with Crippen LogP contribution in [0.25, 0.3) is 0 Å². The van der Waals surface area contributed by atoms with Crippen LogP contribution < -0.4 is 0 Å². The maximum atomic E-state index is 11.9. The van der Waals surface area contributed by atoms with Crippen LogP contribution in [0.15, 0.2) is 24.3 Å². The molecule has 0 aliphatic rings. The second-order valence-corrected chi connectivity index (χ2v) is 1.44. The third-order valence-electron chi connectivity index (χ3n) is 0.787. The van der Waals surface area contributed by atoms with E-state index in [-0.39, 0.29) is 42.9 Å². The molecule has 1 aromatic rings. The molecular weight excluding hydrogens is 214 g/mol. The van der Waals surface area contributed by atoms with Gasteiger partial charge >= 0.3 is 23.1 Å². The molecule has 0 aliphatic carbocycles. The van der Waals surface area contributed by atoms with Gasteiger partial charge in [0.25, 0.3) is 0 Å². The van der Waals surface area contributed by atoms with Crippen molar-refractivity contribution in [2.45, 2.75) is 0 Å². The van der Waals surface area contributed by atoms with Gasteiger partial charge < -0.3 is 2.85 Å². The summed E-state index contributed by atoms with van der Waals surface area (Å²) in [4.78, 5) is 0. The molecule has 0 aromatic heterocycles. The van der Waals surface area contributed by atoms with Gasteiger partial charge in [-0.25, -0.2) is 8.78 Å². The zero-order chi connectivity index (χ0) is 5.98. The fraction of sp³-hybridized carbons (Fsp3) is 0. The average Bonchev–Trinajstić information content (AvgIpc) is 1.64. The van der Waals surface area contributed by atoms with E-state index in [9.17, 15) is 8.78 Å². The molecule has 0 radical (unpaired) electrons. The van der Waals surface area contributed by atoms with E-state index in [1.807, 2.05) is 0 Å². The quantitative estimate of drug-likeness (QED) is 0.590. The molecule has 1 rings (SSSR count). The Morgan fingerprint density at radius 3 is 1.70 bits per heavy atom. The molecule has 0 fully saturated rings. The Labute approximate surface area is 87.5 Å². The van der Waals surface area contributed by atoms with Gasteiger partial charge in [0.15, 0.2) is 0 Å². The number of rotatable bonds is 0. The SMILES string of the molecule is Br.Fc1cccc(F)c1.[H-].[H-].[Mg+2]. The second-order valence-electron chi connectivity index (χ2n) is 1.44. The predicted molar refractivity (Wildman–Crippen MR) is 44.7 cm³/mol. The Balaban J connectivity index is -0.0000000800. The van der Waals surface area contributed by atoms with Gasteiger partial charge in [-0.05, 0) is 12.1 Å². The molecule has 10 heavy (non-hydrogen) atoms. The van der Waals surface area contributed by atoms with Crippen LogP contribution in [0.2, 0.25) is 0 Å². The maximum Gasteiger partial charge on any atom is 2.00 e. The van der Waals surface area contributed by atoms with Gasteiger partial charge in [-0.3, -0.25) is 0 Å². The van der Waals surface area contributed by atoms with Crippen LogP contribution in [0.1, 0.15) is 2.85 Å². The third kappa shape index (κ3) is 4.19. The molecule has 0 amide bonds. The first-order chi connectivity index (χ1) is 3.79. The molecule has 4 heteroatoms.